The molecule has 1 aliphatic heterocycles. The Balaban J connectivity index is 1.48. The van der Waals surface area contributed by atoms with Crippen molar-refractivity contribution in [1.82, 2.24) is 24.2 Å². The Hall–Kier alpha value is -4.30. The van der Waals surface area contributed by atoms with Crippen molar-refractivity contribution >= 4 is 55.8 Å². The Morgan fingerprint density at radius 2 is 1.75 bits per heavy atom. The van der Waals surface area contributed by atoms with Crippen molar-refractivity contribution in [3.63, 3.8) is 0 Å². The quantitative estimate of drug-likeness (QED) is 0.288. The lowest BCUT2D eigenvalue weighted by molar-refractivity contribution is 0.0977. The number of aromatic nitrogens is 4. The van der Waals surface area contributed by atoms with Crippen molar-refractivity contribution < 1.29 is 17.6 Å². The highest BCUT2D eigenvalue weighted by Crippen LogP contribution is 2.29. The van der Waals surface area contributed by atoms with E-state index >= 15 is 0 Å². The second kappa shape index (κ2) is 12.0. The minimum absolute atomic E-state index is 0.0153. The van der Waals surface area contributed by atoms with Crippen LogP contribution in [0.4, 0.5) is 21.7 Å². The zero-order valence-electron chi connectivity index (χ0n) is 24.9. The fraction of sp³-hybridized carbons (Fsp3) is 0.345. The van der Waals surface area contributed by atoms with Gasteiger partial charge in [0.2, 0.25) is 16.0 Å². The number of benzene rings is 1. The smallest absolute Gasteiger partial charge is 0.285 e. The molecule has 232 valence electrons. The number of nitrogens with one attached hydrogen (secondary N) is 2. The number of piperazine rings is 1. The molecule has 0 unspecified atom stereocenters. The average molecular weight is 643 g/mol. The van der Waals surface area contributed by atoms with Crippen molar-refractivity contribution in [3.8, 4) is 0 Å². The van der Waals surface area contributed by atoms with Crippen molar-refractivity contribution in [2.45, 2.75) is 26.8 Å². The number of aryl methyl sites for hydroxylation is 2. The maximum Gasteiger partial charge on any atom is 0.285 e. The summed E-state index contributed by atoms with van der Waals surface area (Å²) < 4.78 is 41.0. The average Bonchev–Trinajstić information content (AvgIpc) is 2.96. The lowest BCUT2D eigenvalue weighted by atomic mass is 10.0. The van der Waals surface area contributed by atoms with Gasteiger partial charge in [-0.25, -0.2) is 27.5 Å². The van der Waals surface area contributed by atoms with Gasteiger partial charge in [0, 0.05) is 44.9 Å². The molecule has 5 rings (SSSR count). The third kappa shape index (κ3) is 6.45. The number of halogens is 2. The first kappa shape index (κ1) is 31.1. The van der Waals surface area contributed by atoms with Gasteiger partial charge >= 0.3 is 0 Å². The molecule has 44 heavy (non-hydrogen) atoms. The van der Waals surface area contributed by atoms with Crippen LogP contribution >= 0.6 is 11.6 Å². The Kier molecular flexibility index (Phi) is 8.49. The molecular formula is C29H32ClFN8O4S. The van der Waals surface area contributed by atoms with E-state index in [-0.39, 0.29) is 27.9 Å². The lowest BCUT2D eigenvalue weighted by Crippen LogP contribution is -2.48. The maximum atomic E-state index is 14.1. The Bertz CT molecular complexity index is 1940. The third-order valence-electron chi connectivity index (χ3n) is 7.46. The number of nitrogens with zero attached hydrogens (tertiary/aromatic N) is 6. The Morgan fingerprint density at radius 3 is 2.41 bits per heavy atom. The molecule has 0 saturated carbocycles. The highest BCUT2D eigenvalue weighted by Gasteiger charge is 2.25. The maximum absolute atomic E-state index is 14.1. The fourth-order valence-corrected chi connectivity index (χ4v) is 5.82. The SMILES string of the molecule is Cc1cc([C@@H](C)Nc2ccc(Cl)nc2C(=O)NS(C)(=O)=O)c2nc(N3CCN(c4cnc(C)c(F)c4)CC3)n(C)c(=O)c2c1. The molecule has 15 heteroatoms. The van der Waals surface area contributed by atoms with Gasteiger partial charge < -0.3 is 15.1 Å². The van der Waals surface area contributed by atoms with E-state index in [1.807, 2.05) is 34.4 Å². The van der Waals surface area contributed by atoms with Gasteiger partial charge in [-0.05, 0) is 44.5 Å². The van der Waals surface area contributed by atoms with E-state index in [0.717, 1.165) is 11.8 Å². The normalized spacial score (nSPS) is 14.5. The largest absolute Gasteiger partial charge is 0.377 e. The summed E-state index contributed by atoms with van der Waals surface area (Å²) in [6.45, 7) is 7.60. The molecular weight excluding hydrogens is 611 g/mol. The molecule has 4 aromatic rings. The molecule has 0 bridgehead atoms. The summed E-state index contributed by atoms with van der Waals surface area (Å²) in [4.78, 5) is 43.6. The molecule has 1 fully saturated rings. The van der Waals surface area contributed by atoms with Crippen LogP contribution in [0.25, 0.3) is 10.9 Å². The van der Waals surface area contributed by atoms with Crippen molar-refractivity contribution in [3.05, 3.63) is 80.4 Å². The summed E-state index contributed by atoms with van der Waals surface area (Å²) in [5.41, 5.74) is 2.91. The van der Waals surface area contributed by atoms with Crippen LogP contribution in [0.2, 0.25) is 5.15 Å². The van der Waals surface area contributed by atoms with Gasteiger partial charge in [0.1, 0.15) is 11.0 Å². The fourth-order valence-electron chi connectivity index (χ4n) is 5.24. The summed E-state index contributed by atoms with van der Waals surface area (Å²) in [6, 6.07) is 7.71. The predicted octanol–water partition coefficient (Wildman–Crippen LogP) is 3.32. The van der Waals surface area contributed by atoms with E-state index in [4.69, 9.17) is 16.6 Å². The van der Waals surface area contributed by atoms with Crippen LogP contribution in [-0.4, -0.2) is 66.3 Å². The molecule has 12 nitrogen and oxygen atoms in total. The zero-order chi connectivity index (χ0) is 31.9. The standard InChI is InChI=1S/C29H32ClFN8O4S/c1-16-12-20(17(2)33-23-6-7-24(30)34-26(23)27(40)36-44(5,42)43)25-21(13-16)28(41)37(4)29(35-25)39-10-8-38(9-11-39)19-14-22(31)18(3)32-15-19/h6-7,12-15,17,33H,8-11H2,1-5H3,(H,36,40)/t17-/m1/s1. The first-order chi connectivity index (χ1) is 20.7. The molecule has 0 aliphatic carbocycles. The molecule has 1 amide bonds. The monoisotopic (exact) mass is 642 g/mol. The van der Waals surface area contributed by atoms with Gasteiger partial charge in [0.15, 0.2) is 5.69 Å². The third-order valence-corrected chi connectivity index (χ3v) is 8.23. The summed E-state index contributed by atoms with van der Waals surface area (Å²) in [5, 5.41) is 3.67. The number of hydrogen-bond acceptors (Lipinski definition) is 10. The van der Waals surface area contributed by atoms with Gasteiger partial charge in [-0.1, -0.05) is 17.7 Å². The van der Waals surface area contributed by atoms with E-state index in [2.05, 4.69) is 15.3 Å². The van der Waals surface area contributed by atoms with Crippen molar-refractivity contribution in [2.75, 3.05) is 47.6 Å². The molecule has 2 N–H and O–H groups in total. The second-order valence-corrected chi connectivity index (χ2v) is 13.0. The molecule has 1 aliphatic rings. The van der Waals surface area contributed by atoms with Crippen molar-refractivity contribution in [1.29, 1.82) is 0 Å². The summed E-state index contributed by atoms with van der Waals surface area (Å²) in [6.07, 6.45) is 2.53. The number of hydrogen-bond donors (Lipinski definition) is 2. The zero-order valence-corrected chi connectivity index (χ0v) is 26.4. The first-order valence-corrected chi connectivity index (χ1v) is 16.1. The van der Waals surface area contributed by atoms with Crippen LogP contribution in [0, 0.1) is 19.7 Å². The van der Waals surface area contributed by atoms with Crippen LogP contribution in [0.15, 0.2) is 41.3 Å². The van der Waals surface area contributed by atoms with Gasteiger partial charge in [-0.15, -0.1) is 0 Å². The number of sulfonamides is 1. The minimum atomic E-state index is -3.85. The van der Waals surface area contributed by atoms with Gasteiger partial charge in [0.25, 0.3) is 11.5 Å². The molecule has 0 radical (unpaired) electrons. The van der Waals surface area contributed by atoms with Gasteiger partial charge in [-0.3, -0.25) is 19.1 Å². The number of carbonyl (C=O) groups excluding carboxylic acids is 1. The van der Waals surface area contributed by atoms with Crippen LogP contribution in [0.3, 0.4) is 0 Å². The predicted molar refractivity (Wildman–Crippen MR) is 169 cm³/mol. The van der Waals surface area contributed by atoms with Crippen LogP contribution in [0.1, 0.15) is 40.3 Å². The summed E-state index contributed by atoms with van der Waals surface area (Å²) in [5.74, 6) is -0.794. The number of fused-ring (bicyclic) bond motifs is 1. The van der Waals surface area contributed by atoms with Crippen molar-refractivity contribution in [2.24, 2.45) is 7.05 Å². The Labute approximate surface area is 258 Å². The van der Waals surface area contributed by atoms with E-state index < -0.39 is 22.0 Å². The number of carbonyl (C=O) groups is 1. The van der Waals surface area contributed by atoms with E-state index in [1.165, 1.54) is 22.8 Å². The molecule has 4 heterocycles. The molecule has 0 spiro atoms. The summed E-state index contributed by atoms with van der Waals surface area (Å²) in [7, 11) is -2.16. The van der Waals surface area contributed by atoms with E-state index in [9.17, 15) is 22.4 Å². The number of amides is 1. The van der Waals surface area contributed by atoms with Crippen LogP contribution in [0.5, 0.6) is 0 Å². The summed E-state index contributed by atoms with van der Waals surface area (Å²) >= 11 is 6.02. The van der Waals surface area contributed by atoms with E-state index in [1.54, 1.807) is 26.2 Å². The molecule has 3 aromatic heterocycles. The first-order valence-electron chi connectivity index (χ1n) is 13.8. The highest BCUT2D eigenvalue weighted by molar-refractivity contribution is 7.89. The number of pyridine rings is 2. The molecule has 1 saturated heterocycles. The van der Waals surface area contributed by atoms with Crippen LogP contribution in [-0.2, 0) is 17.1 Å². The number of rotatable bonds is 7. The topological polar surface area (TPSA) is 142 Å². The van der Waals surface area contributed by atoms with E-state index in [0.29, 0.717) is 60.0 Å². The highest BCUT2D eigenvalue weighted by atomic mass is 35.5. The second-order valence-electron chi connectivity index (χ2n) is 10.9. The van der Waals surface area contributed by atoms with Gasteiger partial charge in [-0.2, -0.15) is 0 Å². The van der Waals surface area contributed by atoms with Crippen LogP contribution < -0.4 is 25.4 Å². The molecule has 1 aromatic carbocycles. The Morgan fingerprint density at radius 1 is 1.07 bits per heavy atom. The molecule has 1 atom stereocenters. The lowest BCUT2D eigenvalue weighted by Gasteiger charge is -2.37. The van der Waals surface area contributed by atoms with Gasteiger partial charge in [0.05, 0.1) is 46.5 Å². The number of anilines is 3. The minimum Gasteiger partial charge on any atom is -0.377 e.